The Kier molecular flexibility index (Phi) is 3.88. The van der Waals surface area contributed by atoms with E-state index in [-0.39, 0.29) is 12.1 Å². The summed E-state index contributed by atoms with van der Waals surface area (Å²) < 4.78 is 0. The second kappa shape index (κ2) is 6.19. The van der Waals surface area contributed by atoms with E-state index in [4.69, 9.17) is 0 Å². The van der Waals surface area contributed by atoms with E-state index in [1.165, 1.54) is 0 Å². The predicted octanol–water partition coefficient (Wildman–Crippen LogP) is 3.43. The van der Waals surface area contributed by atoms with Crippen LogP contribution < -0.4 is 5.32 Å². The lowest BCUT2D eigenvalue weighted by Gasteiger charge is -2.25. The lowest BCUT2D eigenvalue weighted by molar-refractivity contribution is 0.207. The molecule has 2 aromatic rings. The van der Waals surface area contributed by atoms with Gasteiger partial charge in [0, 0.05) is 24.9 Å². The number of nitrogens with one attached hydrogen (secondary N) is 1. The van der Waals surface area contributed by atoms with Crippen molar-refractivity contribution < 1.29 is 4.79 Å². The normalized spacial score (nSPS) is 20.2. The number of carbonyl (C=O) groups excluding carboxylic acids is 1. The van der Waals surface area contributed by atoms with Crippen LogP contribution in [0.25, 0.3) is 0 Å². The second-order valence-electron chi connectivity index (χ2n) is 6.55. The summed E-state index contributed by atoms with van der Waals surface area (Å²) in [4.78, 5) is 27.6. The number of aromatic nitrogens is 3. The number of likely N-dealkylation sites (tertiary alicyclic amines) is 1. The molecule has 2 aliphatic rings. The van der Waals surface area contributed by atoms with Crippen molar-refractivity contribution in [3.05, 3.63) is 47.8 Å². The molecule has 0 spiro atoms. The van der Waals surface area contributed by atoms with Crippen LogP contribution in [0.2, 0.25) is 0 Å². The fourth-order valence-electron chi connectivity index (χ4n) is 3.38. The van der Waals surface area contributed by atoms with Crippen molar-refractivity contribution in [1.82, 2.24) is 19.9 Å². The molecular weight excluding hydrogens is 302 g/mol. The van der Waals surface area contributed by atoms with Gasteiger partial charge in [-0.3, -0.25) is 4.98 Å². The quantitative estimate of drug-likeness (QED) is 0.939. The number of carbonyl (C=O) groups is 1. The van der Waals surface area contributed by atoms with Gasteiger partial charge in [-0.25, -0.2) is 14.8 Å². The average molecular weight is 323 g/mol. The molecule has 0 aromatic carbocycles. The Morgan fingerprint density at radius 1 is 1.25 bits per heavy atom. The molecule has 24 heavy (non-hydrogen) atoms. The maximum absolute atomic E-state index is 12.8. The maximum atomic E-state index is 12.8. The van der Waals surface area contributed by atoms with E-state index in [0.29, 0.717) is 5.92 Å². The van der Waals surface area contributed by atoms with Crippen molar-refractivity contribution in [3.63, 3.8) is 0 Å². The van der Waals surface area contributed by atoms with Crippen LogP contribution in [0.15, 0.2) is 30.7 Å². The van der Waals surface area contributed by atoms with Crippen LogP contribution in [0, 0.1) is 6.92 Å². The monoisotopic (exact) mass is 323 g/mol. The molecule has 2 amide bonds. The molecule has 1 aliphatic carbocycles. The first-order valence-corrected chi connectivity index (χ1v) is 8.53. The summed E-state index contributed by atoms with van der Waals surface area (Å²) in [7, 11) is 0. The zero-order valence-corrected chi connectivity index (χ0v) is 13.8. The summed E-state index contributed by atoms with van der Waals surface area (Å²) in [5.74, 6) is 1.22. The minimum absolute atomic E-state index is 0.0661. The van der Waals surface area contributed by atoms with Crippen LogP contribution in [-0.4, -0.2) is 32.4 Å². The van der Waals surface area contributed by atoms with Gasteiger partial charge in [-0.2, -0.15) is 0 Å². The molecule has 3 heterocycles. The van der Waals surface area contributed by atoms with Crippen molar-refractivity contribution in [1.29, 1.82) is 0 Å². The van der Waals surface area contributed by atoms with Crippen LogP contribution in [0.5, 0.6) is 0 Å². The van der Waals surface area contributed by atoms with Crippen LogP contribution in [-0.2, 0) is 0 Å². The molecule has 2 fully saturated rings. The first-order chi connectivity index (χ1) is 11.7. The van der Waals surface area contributed by atoms with E-state index in [1.54, 1.807) is 18.6 Å². The number of rotatable bonds is 3. The largest absolute Gasteiger partial charge is 0.322 e. The fourth-order valence-corrected chi connectivity index (χ4v) is 3.38. The van der Waals surface area contributed by atoms with Crippen molar-refractivity contribution in [3.8, 4) is 0 Å². The second-order valence-corrected chi connectivity index (χ2v) is 6.55. The molecule has 0 bridgehead atoms. The number of amides is 2. The van der Waals surface area contributed by atoms with Crippen LogP contribution >= 0.6 is 0 Å². The van der Waals surface area contributed by atoms with Crippen molar-refractivity contribution in [2.24, 2.45) is 0 Å². The Morgan fingerprint density at radius 3 is 2.79 bits per heavy atom. The van der Waals surface area contributed by atoms with Gasteiger partial charge in [0.2, 0.25) is 0 Å². The molecule has 1 aliphatic heterocycles. The van der Waals surface area contributed by atoms with E-state index in [1.807, 2.05) is 24.0 Å². The summed E-state index contributed by atoms with van der Waals surface area (Å²) in [5.41, 5.74) is 2.88. The Morgan fingerprint density at radius 2 is 2.04 bits per heavy atom. The highest BCUT2D eigenvalue weighted by atomic mass is 16.2. The third-order valence-electron chi connectivity index (χ3n) is 4.75. The van der Waals surface area contributed by atoms with Gasteiger partial charge >= 0.3 is 6.03 Å². The Bertz CT molecular complexity index is 744. The highest BCUT2D eigenvalue weighted by Gasteiger charge is 2.32. The van der Waals surface area contributed by atoms with Gasteiger partial charge in [0.1, 0.15) is 5.82 Å². The number of hydrogen-bond acceptors (Lipinski definition) is 4. The minimum Gasteiger partial charge on any atom is -0.317 e. The summed E-state index contributed by atoms with van der Waals surface area (Å²) in [6.45, 7) is 2.65. The highest BCUT2D eigenvalue weighted by molar-refractivity contribution is 5.90. The van der Waals surface area contributed by atoms with E-state index in [2.05, 4.69) is 20.3 Å². The van der Waals surface area contributed by atoms with Crippen molar-refractivity contribution >= 4 is 11.7 Å². The van der Waals surface area contributed by atoms with E-state index in [9.17, 15) is 4.79 Å². The lowest BCUT2D eigenvalue weighted by atomic mass is 10.1. The van der Waals surface area contributed by atoms with Gasteiger partial charge in [0.05, 0.1) is 23.6 Å². The zero-order chi connectivity index (χ0) is 16.5. The van der Waals surface area contributed by atoms with Gasteiger partial charge in [0.15, 0.2) is 0 Å². The van der Waals surface area contributed by atoms with Gasteiger partial charge in [-0.15, -0.1) is 0 Å². The SMILES string of the molecule is Cc1ncc(NC(=O)N2CCCC2c2ccncc2)c(C2CC2)n1. The molecule has 1 saturated carbocycles. The van der Waals surface area contributed by atoms with Gasteiger partial charge in [-0.05, 0) is 50.3 Å². The summed E-state index contributed by atoms with van der Waals surface area (Å²) in [5, 5.41) is 3.05. The van der Waals surface area contributed by atoms with E-state index in [0.717, 1.165) is 55.0 Å². The van der Waals surface area contributed by atoms with Gasteiger partial charge in [0.25, 0.3) is 0 Å². The Labute approximate surface area is 141 Å². The van der Waals surface area contributed by atoms with Crippen molar-refractivity contribution in [2.75, 3.05) is 11.9 Å². The van der Waals surface area contributed by atoms with E-state index >= 15 is 0 Å². The first kappa shape index (κ1) is 15.1. The predicted molar refractivity (Wildman–Crippen MR) is 90.7 cm³/mol. The summed E-state index contributed by atoms with van der Waals surface area (Å²) in [6, 6.07) is 4.02. The molecule has 6 heteroatoms. The molecule has 0 radical (unpaired) electrons. The maximum Gasteiger partial charge on any atom is 0.322 e. The third kappa shape index (κ3) is 2.96. The van der Waals surface area contributed by atoms with Crippen molar-refractivity contribution in [2.45, 2.75) is 44.6 Å². The molecule has 1 atom stereocenters. The minimum atomic E-state index is -0.0661. The molecule has 124 valence electrons. The smallest absolute Gasteiger partial charge is 0.317 e. The van der Waals surface area contributed by atoms with Crippen LogP contribution in [0.3, 0.4) is 0 Å². The molecule has 6 nitrogen and oxygen atoms in total. The number of nitrogens with zero attached hydrogens (tertiary/aromatic N) is 4. The van der Waals surface area contributed by atoms with Crippen LogP contribution in [0.4, 0.5) is 10.5 Å². The van der Waals surface area contributed by atoms with Gasteiger partial charge in [-0.1, -0.05) is 0 Å². The lowest BCUT2D eigenvalue weighted by Crippen LogP contribution is -2.34. The third-order valence-corrected chi connectivity index (χ3v) is 4.75. The Hall–Kier alpha value is -2.50. The highest BCUT2D eigenvalue weighted by Crippen LogP contribution is 2.42. The molecule has 2 aromatic heterocycles. The average Bonchev–Trinajstić information content (AvgIpc) is 3.33. The zero-order valence-electron chi connectivity index (χ0n) is 13.8. The molecule has 1 saturated heterocycles. The number of urea groups is 1. The number of hydrogen-bond donors (Lipinski definition) is 1. The fraction of sp³-hybridized carbons (Fsp3) is 0.444. The molecular formula is C18H21N5O. The topological polar surface area (TPSA) is 71.0 Å². The number of aryl methyl sites for hydroxylation is 1. The van der Waals surface area contributed by atoms with Crippen LogP contribution in [0.1, 0.15) is 54.7 Å². The Balaban J connectivity index is 1.54. The van der Waals surface area contributed by atoms with E-state index < -0.39 is 0 Å². The summed E-state index contributed by atoms with van der Waals surface area (Å²) in [6.07, 6.45) is 9.58. The standard InChI is InChI=1S/C18H21N5O/c1-12-20-11-15(17(21-12)14-4-5-14)22-18(24)23-10-2-3-16(23)13-6-8-19-9-7-13/h6-9,11,14,16H,2-5,10H2,1H3,(H,22,24). The van der Waals surface area contributed by atoms with Gasteiger partial charge < -0.3 is 10.2 Å². The summed E-state index contributed by atoms with van der Waals surface area (Å²) >= 11 is 0. The molecule has 4 rings (SSSR count). The first-order valence-electron chi connectivity index (χ1n) is 8.53. The number of anilines is 1. The molecule has 1 N–H and O–H groups in total. The molecule has 1 unspecified atom stereocenters. The number of pyridine rings is 1.